The maximum absolute atomic E-state index is 13.8. The molecule has 6 aromatic rings. The average Bonchev–Trinajstić information content (AvgIpc) is 3.67. The van der Waals surface area contributed by atoms with Crippen molar-refractivity contribution in [3.63, 3.8) is 0 Å². The Morgan fingerprint density at radius 3 is 2.34 bits per heavy atom. The van der Waals surface area contributed by atoms with E-state index in [1.165, 1.54) is 5.56 Å². The molecule has 0 bridgehead atoms. The van der Waals surface area contributed by atoms with E-state index in [2.05, 4.69) is 69.6 Å². The van der Waals surface area contributed by atoms with Crippen molar-refractivity contribution in [3.05, 3.63) is 147 Å². The van der Waals surface area contributed by atoms with E-state index in [1.54, 1.807) is 6.26 Å². The number of benzene rings is 3. The Balaban J connectivity index is 1.49. The van der Waals surface area contributed by atoms with Gasteiger partial charge in [0.1, 0.15) is 11.8 Å². The van der Waals surface area contributed by atoms with Crippen LogP contribution < -0.4 is 5.56 Å². The number of nitrogens with one attached hydrogen (secondary N) is 1. The monoisotopic (exact) mass is 544 g/mol. The Hall–Kier alpha value is -4.82. The minimum absolute atomic E-state index is 0.166. The summed E-state index contributed by atoms with van der Waals surface area (Å²) >= 11 is 0. The molecule has 0 aliphatic rings. The van der Waals surface area contributed by atoms with Crippen LogP contribution in [0.15, 0.2) is 106 Å². The molecule has 0 saturated heterocycles. The van der Waals surface area contributed by atoms with Gasteiger partial charge in [0.25, 0.3) is 5.56 Å². The number of aryl methyl sites for hydroxylation is 4. The number of tetrazole rings is 1. The van der Waals surface area contributed by atoms with Gasteiger partial charge < -0.3 is 9.40 Å². The van der Waals surface area contributed by atoms with Crippen molar-refractivity contribution in [2.24, 2.45) is 0 Å². The molecule has 6 rings (SSSR count). The number of fused-ring (bicyclic) bond motifs is 1. The van der Waals surface area contributed by atoms with Gasteiger partial charge >= 0.3 is 0 Å². The highest BCUT2D eigenvalue weighted by Crippen LogP contribution is 2.31. The molecule has 0 aliphatic heterocycles. The number of aromatic amines is 1. The van der Waals surface area contributed by atoms with Gasteiger partial charge in [0.15, 0.2) is 5.82 Å². The molecule has 3 heterocycles. The summed E-state index contributed by atoms with van der Waals surface area (Å²) in [5.41, 5.74) is 5.82. The molecule has 3 aromatic carbocycles. The molecule has 8 heteroatoms. The molecule has 41 heavy (non-hydrogen) atoms. The third kappa shape index (κ3) is 5.88. The molecular formula is C33H32N6O2. The van der Waals surface area contributed by atoms with Crippen molar-refractivity contribution in [1.29, 1.82) is 0 Å². The Bertz CT molecular complexity index is 1790. The van der Waals surface area contributed by atoms with E-state index in [1.807, 2.05) is 65.3 Å². The van der Waals surface area contributed by atoms with Gasteiger partial charge in [0.05, 0.1) is 12.8 Å². The van der Waals surface area contributed by atoms with Crippen LogP contribution in [-0.2, 0) is 26.1 Å². The molecule has 8 nitrogen and oxygen atoms in total. The number of rotatable bonds is 10. The summed E-state index contributed by atoms with van der Waals surface area (Å²) < 4.78 is 7.61. The van der Waals surface area contributed by atoms with Crippen LogP contribution in [-0.4, -0.2) is 30.1 Å². The van der Waals surface area contributed by atoms with Crippen LogP contribution in [0.4, 0.5) is 0 Å². The van der Waals surface area contributed by atoms with E-state index >= 15 is 0 Å². The SMILES string of the molecule is Cc1cc2cc([C@H](c3nnnn3CCc3ccccc3)N(Cc3ccccc3)Cc3ccco3)c(=O)[nH]c2cc1C. The largest absolute Gasteiger partial charge is 0.468 e. The first-order valence-electron chi connectivity index (χ1n) is 13.8. The minimum Gasteiger partial charge on any atom is -0.468 e. The Labute approximate surface area is 238 Å². The van der Waals surface area contributed by atoms with E-state index in [0.29, 0.717) is 31.0 Å². The van der Waals surface area contributed by atoms with E-state index in [-0.39, 0.29) is 5.56 Å². The topological polar surface area (TPSA) is 92.8 Å². The van der Waals surface area contributed by atoms with Crippen molar-refractivity contribution in [2.45, 2.75) is 45.9 Å². The van der Waals surface area contributed by atoms with Crippen LogP contribution in [0.5, 0.6) is 0 Å². The molecule has 1 N–H and O–H groups in total. The smallest absolute Gasteiger partial charge is 0.253 e. The van der Waals surface area contributed by atoms with E-state index in [4.69, 9.17) is 4.42 Å². The molecule has 0 fully saturated rings. The summed E-state index contributed by atoms with van der Waals surface area (Å²) in [5, 5.41) is 14.0. The van der Waals surface area contributed by atoms with Gasteiger partial charge in [-0.1, -0.05) is 60.7 Å². The summed E-state index contributed by atoms with van der Waals surface area (Å²) in [6.45, 7) is 5.73. The summed E-state index contributed by atoms with van der Waals surface area (Å²) in [5.74, 6) is 1.40. The molecule has 0 amide bonds. The van der Waals surface area contributed by atoms with Crippen LogP contribution in [0.3, 0.4) is 0 Å². The number of hydrogen-bond acceptors (Lipinski definition) is 6. The lowest BCUT2D eigenvalue weighted by molar-refractivity contribution is 0.178. The number of furan rings is 1. The summed E-state index contributed by atoms with van der Waals surface area (Å²) in [6.07, 6.45) is 2.43. The van der Waals surface area contributed by atoms with Crippen molar-refractivity contribution in [2.75, 3.05) is 0 Å². The zero-order valence-corrected chi connectivity index (χ0v) is 23.2. The van der Waals surface area contributed by atoms with Gasteiger partial charge in [0, 0.05) is 24.2 Å². The molecule has 0 spiro atoms. The highest BCUT2D eigenvalue weighted by atomic mass is 16.3. The van der Waals surface area contributed by atoms with Crippen molar-refractivity contribution in [3.8, 4) is 0 Å². The Morgan fingerprint density at radius 1 is 0.878 bits per heavy atom. The van der Waals surface area contributed by atoms with Crippen LogP contribution in [0.2, 0.25) is 0 Å². The number of hydrogen-bond donors (Lipinski definition) is 1. The second-order valence-corrected chi connectivity index (χ2v) is 10.4. The first-order chi connectivity index (χ1) is 20.0. The standard InChI is InChI=1S/C33H32N6O2/c1-23-18-27-20-29(33(40)34-30(27)19-24(23)2)31(32-35-36-37-39(32)16-15-25-10-5-3-6-11-25)38(22-28-14-9-17-41-28)21-26-12-7-4-8-13-26/h3-14,17-20,31H,15-16,21-22H2,1-2H3,(H,34,40)/t31-/m1/s1. The number of H-pyrrole nitrogens is 1. The average molecular weight is 545 g/mol. The lowest BCUT2D eigenvalue weighted by Crippen LogP contribution is -2.35. The lowest BCUT2D eigenvalue weighted by atomic mass is 10.00. The lowest BCUT2D eigenvalue weighted by Gasteiger charge is -2.30. The van der Waals surface area contributed by atoms with E-state index < -0.39 is 6.04 Å². The van der Waals surface area contributed by atoms with Crippen LogP contribution in [0.1, 0.15) is 45.4 Å². The fourth-order valence-corrected chi connectivity index (χ4v) is 5.30. The number of aromatic nitrogens is 5. The zero-order chi connectivity index (χ0) is 28.2. The van der Waals surface area contributed by atoms with Gasteiger partial charge in [-0.05, 0) is 88.7 Å². The normalized spacial score (nSPS) is 12.3. The minimum atomic E-state index is -0.541. The van der Waals surface area contributed by atoms with E-state index in [0.717, 1.165) is 39.8 Å². The quantitative estimate of drug-likeness (QED) is 0.236. The summed E-state index contributed by atoms with van der Waals surface area (Å²) in [4.78, 5) is 19.2. The third-order valence-corrected chi connectivity index (χ3v) is 7.57. The predicted molar refractivity (Wildman–Crippen MR) is 158 cm³/mol. The second-order valence-electron chi connectivity index (χ2n) is 10.4. The fraction of sp³-hybridized carbons (Fsp3) is 0.212. The van der Waals surface area contributed by atoms with Crippen molar-refractivity contribution >= 4 is 10.9 Å². The number of nitrogens with zero attached hydrogens (tertiary/aromatic N) is 5. The Kier molecular flexibility index (Phi) is 7.56. The van der Waals surface area contributed by atoms with Crippen molar-refractivity contribution < 1.29 is 4.42 Å². The maximum atomic E-state index is 13.8. The van der Waals surface area contributed by atoms with Crippen LogP contribution in [0, 0.1) is 13.8 Å². The first-order valence-corrected chi connectivity index (χ1v) is 13.8. The fourth-order valence-electron chi connectivity index (χ4n) is 5.30. The van der Waals surface area contributed by atoms with Gasteiger partial charge in [-0.25, -0.2) is 4.68 Å². The van der Waals surface area contributed by atoms with Gasteiger partial charge in [-0.3, -0.25) is 9.69 Å². The summed E-state index contributed by atoms with van der Waals surface area (Å²) in [7, 11) is 0. The molecule has 0 radical (unpaired) electrons. The molecule has 0 saturated carbocycles. The highest BCUT2D eigenvalue weighted by Gasteiger charge is 2.31. The molecule has 206 valence electrons. The maximum Gasteiger partial charge on any atom is 0.253 e. The molecule has 1 atom stereocenters. The Morgan fingerprint density at radius 2 is 1.61 bits per heavy atom. The molecular weight excluding hydrogens is 512 g/mol. The highest BCUT2D eigenvalue weighted by molar-refractivity contribution is 5.81. The third-order valence-electron chi connectivity index (χ3n) is 7.57. The van der Waals surface area contributed by atoms with Crippen LogP contribution in [0.25, 0.3) is 10.9 Å². The van der Waals surface area contributed by atoms with Gasteiger partial charge in [-0.15, -0.1) is 5.10 Å². The molecule has 0 unspecified atom stereocenters. The predicted octanol–water partition coefficient (Wildman–Crippen LogP) is 5.76. The summed E-state index contributed by atoms with van der Waals surface area (Å²) in [6, 6.07) is 29.9. The first kappa shape index (κ1) is 26.4. The zero-order valence-electron chi connectivity index (χ0n) is 23.2. The van der Waals surface area contributed by atoms with E-state index in [9.17, 15) is 4.79 Å². The number of pyridine rings is 1. The second kappa shape index (κ2) is 11.7. The van der Waals surface area contributed by atoms with Crippen molar-refractivity contribution in [1.82, 2.24) is 30.1 Å². The van der Waals surface area contributed by atoms with Gasteiger partial charge in [-0.2, -0.15) is 0 Å². The molecule has 0 aliphatic carbocycles. The van der Waals surface area contributed by atoms with Gasteiger partial charge in [0.2, 0.25) is 0 Å². The van der Waals surface area contributed by atoms with Crippen LogP contribution >= 0.6 is 0 Å². The molecule has 3 aromatic heterocycles.